The van der Waals surface area contributed by atoms with Crippen molar-refractivity contribution < 1.29 is 0 Å². The van der Waals surface area contributed by atoms with Crippen molar-refractivity contribution in [1.29, 1.82) is 0 Å². The zero-order valence-corrected chi connectivity index (χ0v) is 11.5. The van der Waals surface area contributed by atoms with Gasteiger partial charge in [0.25, 0.3) is 0 Å². The van der Waals surface area contributed by atoms with Gasteiger partial charge in [0.1, 0.15) is 0 Å². The van der Waals surface area contributed by atoms with E-state index in [4.69, 9.17) is 17.3 Å². The molecule has 3 rings (SSSR count). The molecule has 2 nitrogen and oxygen atoms in total. The molecule has 1 heterocycles. The number of nitrogens with zero attached hydrogens (tertiary/aromatic N) is 1. The Morgan fingerprint density at radius 3 is 2.33 bits per heavy atom. The highest BCUT2D eigenvalue weighted by molar-refractivity contribution is 6.34. The van der Waals surface area contributed by atoms with Crippen molar-refractivity contribution in [2.24, 2.45) is 5.41 Å². The highest BCUT2D eigenvalue weighted by Crippen LogP contribution is 2.47. The van der Waals surface area contributed by atoms with Crippen molar-refractivity contribution in [2.75, 3.05) is 23.7 Å². The van der Waals surface area contributed by atoms with E-state index in [9.17, 15) is 0 Å². The summed E-state index contributed by atoms with van der Waals surface area (Å²) in [6.07, 6.45) is 8.31. The Balaban J connectivity index is 1.76. The Kier molecular flexibility index (Phi) is 3.14. The maximum Gasteiger partial charge on any atom is 0.0789 e. The largest absolute Gasteiger partial charge is 0.397 e. The van der Waals surface area contributed by atoms with Gasteiger partial charge < -0.3 is 10.6 Å². The molecule has 2 fully saturated rings. The standard InChI is InChI=1S/C15H21ClN2/c16-12-4-3-5-13(17)14(12)18-10-8-15(9-11-18)6-1-2-7-15/h3-5H,1-2,6-11,17H2. The summed E-state index contributed by atoms with van der Waals surface area (Å²) in [4.78, 5) is 2.38. The molecule has 1 saturated heterocycles. The molecule has 3 heteroatoms. The van der Waals surface area contributed by atoms with Crippen molar-refractivity contribution in [3.05, 3.63) is 23.2 Å². The molecule has 1 spiro atoms. The molecular weight excluding hydrogens is 244 g/mol. The molecule has 0 atom stereocenters. The second kappa shape index (κ2) is 4.65. The van der Waals surface area contributed by atoms with Crippen LogP contribution in [-0.4, -0.2) is 13.1 Å². The minimum Gasteiger partial charge on any atom is -0.397 e. The van der Waals surface area contributed by atoms with Crippen LogP contribution in [0.2, 0.25) is 5.02 Å². The van der Waals surface area contributed by atoms with Gasteiger partial charge in [-0.3, -0.25) is 0 Å². The Bertz CT molecular complexity index is 408. The molecule has 0 radical (unpaired) electrons. The van der Waals surface area contributed by atoms with Crippen molar-refractivity contribution in [2.45, 2.75) is 38.5 Å². The summed E-state index contributed by atoms with van der Waals surface area (Å²) in [5, 5.41) is 0.789. The summed E-state index contributed by atoms with van der Waals surface area (Å²) < 4.78 is 0. The maximum atomic E-state index is 6.29. The van der Waals surface area contributed by atoms with Gasteiger partial charge in [-0.05, 0) is 43.2 Å². The molecule has 1 saturated carbocycles. The molecule has 2 N–H and O–H groups in total. The topological polar surface area (TPSA) is 29.3 Å². The molecule has 1 aromatic rings. The third-order valence-electron chi connectivity index (χ3n) is 4.82. The fourth-order valence-electron chi connectivity index (χ4n) is 3.70. The average molecular weight is 265 g/mol. The number of rotatable bonds is 1. The molecule has 0 unspecified atom stereocenters. The molecule has 0 bridgehead atoms. The Hall–Kier alpha value is -0.890. The molecule has 1 aliphatic heterocycles. The molecule has 98 valence electrons. The fraction of sp³-hybridized carbons (Fsp3) is 0.600. The van der Waals surface area contributed by atoms with Gasteiger partial charge in [0.15, 0.2) is 0 Å². The van der Waals surface area contributed by atoms with Crippen molar-refractivity contribution in [3.8, 4) is 0 Å². The average Bonchev–Trinajstić information content (AvgIpc) is 2.80. The lowest BCUT2D eigenvalue weighted by atomic mass is 9.77. The number of para-hydroxylation sites is 1. The maximum absolute atomic E-state index is 6.29. The van der Waals surface area contributed by atoms with E-state index in [-0.39, 0.29) is 0 Å². The summed E-state index contributed by atoms with van der Waals surface area (Å²) in [7, 11) is 0. The van der Waals surface area contributed by atoms with E-state index >= 15 is 0 Å². The molecule has 0 aromatic heterocycles. The van der Waals surface area contributed by atoms with E-state index < -0.39 is 0 Å². The highest BCUT2D eigenvalue weighted by atomic mass is 35.5. The molecular formula is C15H21ClN2. The van der Waals surface area contributed by atoms with Crippen LogP contribution in [0.4, 0.5) is 11.4 Å². The normalized spacial score (nSPS) is 22.6. The number of halogens is 1. The first-order chi connectivity index (χ1) is 8.70. The zero-order chi connectivity index (χ0) is 12.6. The van der Waals surface area contributed by atoms with Gasteiger partial charge in [-0.1, -0.05) is 30.5 Å². The van der Waals surface area contributed by atoms with Crippen LogP contribution in [0.25, 0.3) is 0 Å². The summed E-state index contributed by atoms with van der Waals surface area (Å²) in [6.45, 7) is 2.21. The predicted octanol–water partition coefficient (Wildman–Crippen LogP) is 4.08. The first kappa shape index (κ1) is 12.2. The van der Waals surface area contributed by atoms with E-state index in [1.54, 1.807) is 0 Å². The smallest absolute Gasteiger partial charge is 0.0789 e. The van der Waals surface area contributed by atoms with Crippen LogP contribution < -0.4 is 10.6 Å². The predicted molar refractivity (Wildman–Crippen MR) is 78.2 cm³/mol. The van der Waals surface area contributed by atoms with Crippen LogP contribution in [0.3, 0.4) is 0 Å². The van der Waals surface area contributed by atoms with Gasteiger partial charge in [-0.2, -0.15) is 0 Å². The van der Waals surface area contributed by atoms with Crippen LogP contribution in [0.1, 0.15) is 38.5 Å². The lowest BCUT2D eigenvalue weighted by Gasteiger charge is -2.41. The lowest BCUT2D eigenvalue weighted by Crippen LogP contribution is -2.39. The van der Waals surface area contributed by atoms with E-state index in [1.165, 1.54) is 38.5 Å². The Morgan fingerprint density at radius 1 is 1.06 bits per heavy atom. The molecule has 1 aliphatic carbocycles. The van der Waals surface area contributed by atoms with Gasteiger partial charge in [-0.25, -0.2) is 0 Å². The fourth-order valence-corrected chi connectivity index (χ4v) is 4.00. The third-order valence-corrected chi connectivity index (χ3v) is 5.13. The van der Waals surface area contributed by atoms with Crippen molar-refractivity contribution in [1.82, 2.24) is 0 Å². The van der Waals surface area contributed by atoms with Crippen LogP contribution in [0.5, 0.6) is 0 Å². The highest BCUT2D eigenvalue weighted by Gasteiger charge is 2.37. The molecule has 1 aromatic carbocycles. The van der Waals surface area contributed by atoms with Crippen LogP contribution in [0, 0.1) is 5.41 Å². The monoisotopic (exact) mass is 264 g/mol. The number of nitrogens with two attached hydrogens (primary N) is 1. The zero-order valence-electron chi connectivity index (χ0n) is 10.8. The number of benzene rings is 1. The number of anilines is 2. The van der Waals surface area contributed by atoms with Gasteiger partial charge in [0.05, 0.1) is 16.4 Å². The second-order valence-corrected chi connectivity index (χ2v) is 6.28. The molecule has 2 aliphatic rings. The van der Waals surface area contributed by atoms with Gasteiger partial charge in [0, 0.05) is 13.1 Å². The van der Waals surface area contributed by atoms with Crippen LogP contribution in [-0.2, 0) is 0 Å². The molecule has 18 heavy (non-hydrogen) atoms. The van der Waals surface area contributed by atoms with Gasteiger partial charge in [-0.15, -0.1) is 0 Å². The SMILES string of the molecule is Nc1cccc(Cl)c1N1CCC2(CCCC2)CC1. The summed E-state index contributed by atoms with van der Waals surface area (Å²) in [5.74, 6) is 0. The first-order valence-electron chi connectivity index (χ1n) is 6.99. The second-order valence-electron chi connectivity index (χ2n) is 5.87. The van der Waals surface area contributed by atoms with Gasteiger partial charge in [0.2, 0.25) is 0 Å². The quantitative estimate of drug-likeness (QED) is 0.775. The van der Waals surface area contributed by atoms with Crippen molar-refractivity contribution in [3.63, 3.8) is 0 Å². The summed E-state index contributed by atoms with van der Waals surface area (Å²) >= 11 is 6.29. The minimum atomic E-state index is 0.645. The minimum absolute atomic E-state index is 0.645. The summed E-state index contributed by atoms with van der Waals surface area (Å²) in [6, 6.07) is 5.80. The lowest BCUT2D eigenvalue weighted by molar-refractivity contribution is 0.226. The molecule has 0 amide bonds. The van der Waals surface area contributed by atoms with E-state index in [1.807, 2.05) is 18.2 Å². The number of piperidine rings is 1. The van der Waals surface area contributed by atoms with Crippen molar-refractivity contribution >= 4 is 23.0 Å². The summed E-state index contributed by atoms with van der Waals surface area (Å²) in [5.41, 5.74) is 8.57. The number of hydrogen-bond acceptors (Lipinski definition) is 2. The van der Waals surface area contributed by atoms with E-state index in [0.29, 0.717) is 5.41 Å². The van der Waals surface area contributed by atoms with E-state index in [0.717, 1.165) is 29.5 Å². The third kappa shape index (κ3) is 2.07. The van der Waals surface area contributed by atoms with E-state index in [2.05, 4.69) is 4.90 Å². The number of nitrogen functional groups attached to an aromatic ring is 1. The Morgan fingerprint density at radius 2 is 1.72 bits per heavy atom. The number of hydrogen-bond donors (Lipinski definition) is 1. The van der Waals surface area contributed by atoms with Crippen LogP contribution in [0.15, 0.2) is 18.2 Å². The van der Waals surface area contributed by atoms with Crippen LogP contribution >= 0.6 is 11.6 Å². The Labute approximate surface area is 114 Å². The van der Waals surface area contributed by atoms with Gasteiger partial charge >= 0.3 is 0 Å². The first-order valence-corrected chi connectivity index (χ1v) is 7.37.